The van der Waals surface area contributed by atoms with Crippen molar-refractivity contribution in [2.24, 2.45) is 0 Å². The van der Waals surface area contributed by atoms with E-state index in [1.165, 1.54) is 0 Å². The third kappa shape index (κ3) is 4.96. The number of rotatable bonds is 3. The maximum Gasteiger partial charge on any atom is 0.101 e. The lowest BCUT2D eigenvalue weighted by Crippen LogP contribution is -1.99. The van der Waals surface area contributed by atoms with Crippen LogP contribution in [0.1, 0.15) is 48.0 Å². The van der Waals surface area contributed by atoms with E-state index >= 15 is 0 Å². The maximum absolute atomic E-state index is 11.5. The lowest BCUT2D eigenvalue weighted by molar-refractivity contribution is 1.53. The fraction of sp³-hybridized carbons (Fsp3) is 0. The first kappa shape index (κ1) is 35.8. The molecule has 0 saturated heterocycles. The van der Waals surface area contributed by atoms with Gasteiger partial charge in [-0.05, 0) is 153 Å². The molecule has 0 atom stereocenters. The van der Waals surface area contributed by atoms with E-state index < -0.39 is 0 Å². The van der Waals surface area contributed by atoms with Gasteiger partial charge in [-0.3, -0.25) is 0 Å². The normalized spacial score (nSPS) is 15.2. The summed E-state index contributed by atoms with van der Waals surface area (Å²) in [7, 11) is 0. The molecule has 3 aromatic heterocycles. The zero-order chi connectivity index (χ0) is 41.9. The van der Waals surface area contributed by atoms with Gasteiger partial charge in [0.25, 0.3) is 0 Å². The highest BCUT2D eigenvalue weighted by molar-refractivity contribution is 7.12. The molecule has 0 bridgehead atoms. The largest absolute Gasteiger partial charge is 0.192 e. The number of thiophene rings is 3. The van der Waals surface area contributed by atoms with Crippen LogP contribution in [0.25, 0.3) is 99.1 Å². The summed E-state index contributed by atoms with van der Waals surface area (Å²) in [4.78, 5) is 2.66. The van der Waals surface area contributed by atoms with Crippen LogP contribution in [0.4, 0.5) is 0 Å². The number of hydrogen-bond acceptors (Lipinski definition) is 6. The fourth-order valence-corrected chi connectivity index (χ4v) is 12.6. The van der Waals surface area contributed by atoms with Crippen molar-refractivity contribution < 1.29 is 0 Å². The van der Waals surface area contributed by atoms with Gasteiger partial charge in [0.1, 0.15) is 18.2 Å². The van der Waals surface area contributed by atoms with E-state index in [9.17, 15) is 15.8 Å². The molecule has 3 heterocycles. The van der Waals surface area contributed by atoms with Crippen molar-refractivity contribution in [3.63, 3.8) is 0 Å². The van der Waals surface area contributed by atoms with Crippen LogP contribution in [0.15, 0.2) is 162 Å². The molecule has 0 radical (unpaired) electrons. The van der Waals surface area contributed by atoms with Gasteiger partial charge >= 0.3 is 0 Å². The minimum absolute atomic E-state index is 0.603. The highest BCUT2D eigenvalue weighted by Crippen LogP contribution is 2.67. The summed E-state index contributed by atoms with van der Waals surface area (Å²) >= 11 is 4.69. The molecule has 63 heavy (non-hydrogen) atoms. The number of nitriles is 3. The third-order valence-electron chi connectivity index (χ3n) is 12.9. The molecule has 10 aromatic rings. The van der Waals surface area contributed by atoms with Gasteiger partial charge in [0.05, 0.1) is 16.7 Å². The second-order valence-electron chi connectivity index (χ2n) is 16.0. The number of allylic oxidation sites excluding steroid dienone is 3. The standard InChI is InChI=1S/C57H27N3S3/c58-28-43(46-16-7-19-61-46)49-37-22-31-10-1-4-13-34(31)25-40(37)52-55(49)53-41-26-35-14-5-2-11-32(35)23-38(41)51(45(30-60)48-18-9-21-63-48)57(53)54-42-27-36-15-6-3-12-33(36)24-39(42)50(56(52)54)44(29-59)47-17-8-20-62-47/h1-27H/b49-43+,50-44+,51-45+. The molecule has 0 unspecified atom stereocenters. The lowest BCUT2D eigenvalue weighted by Gasteiger charge is -2.20. The molecule has 6 heteroatoms. The van der Waals surface area contributed by atoms with Crippen molar-refractivity contribution in [2.45, 2.75) is 0 Å². The summed E-state index contributed by atoms with van der Waals surface area (Å²) in [6.07, 6.45) is 0. The first-order valence-electron chi connectivity index (χ1n) is 20.6. The summed E-state index contributed by atoms with van der Waals surface area (Å²) in [5.41, 5.74) is 16.4. The van der Waals surface area contributed by atoms with Crippen LogP contribution in [0.5, 0.6) is 0 Å². The minimum atomic E-state index is 0.603. The number of fused-ring (bicyclic) bond motifs is 15. The second-order valence-corrected chi connectivity index (χ2v) is 18.8. The van der Waals surface area contributed by atoms with Crippen molar-refractivity contribution in [1.82, 2.24) is 0 Å². The van der Waals surface area contributed by atoms with Gasteiger partial charge in [-0.15, -0.1) is 34.0 Å². The molecule has 7 aromatic carbocycles. The van der Waals surface area contributed by atoms with E-state index in [1.54, 1.807) is 34.0 Å². The van der Waals surface area contributed by atoms with Crippen molar-refractivity contribution in [3.8, 4) is 51.6 Å². The Kier molecular flexibility index (Phi) is 7.71. The smallest absolute Gasteiger partial charge is 0.101 e. The zero-order valence-electron chi connectivity index (χ0n) is 33.2. The number of benzene rings is 7. The van der Waals surface area contributed by atoms with Gasteiger partial charge in [0.15, 0.2) is 0 Å². The molecule has 13 rings (SSSR count). The zero-order valence-corrected chi connectivity index (χ0v) is 35.6. The summed E-state index contributed by atoms with van der Waals surface area (Å²) in [5, 5.41) is 47.0. The van der Waals surface area contributed by atoms with Crippen LogP contribution in [0, 0.1) is 34.0 Å². The van der Waals surface area contributed by atoms with Gasteiger partial charge in [0, 0.05) is 48.0 Å². The van der Waals surface area contributed by atoms with Crippen molar-refractivity contribution in [1.29, 1.82) is 15.8 Å². The molecule has 3 aliphatic rings. The number of hydrogen-bond donors (Lipinski definition) is 0. The van der Waals surface area contributed by atoms with Crippen LogP contribution in [-0.4, -0.2) is 0 Å². The van der Waals surface area contributed by atoms with Gasteiger partial charge in [-0.1, -0.05) is 91.0 Å². The van der Waals surface area contributed by atoms with E-state index in [0.717, 1.165) is 130 Å². The van der Waals surface area contributed by atoms with Crippen LogP contribution in [0.3, 0.4) is 0 Å². The van der Waals surface area contributed by atoms with Crippen molar-refractivity contribution in [2.75, 3.05) is 0 Å². The summed E-state index contributed by atoms with van der Waals surface area (Å²) in [6.45, 7) is 0. The van der Waals surface area contributed by atoms with E-state index in [1.807, 2.05) is 52.5 Å². The Hall–Kier alpha value is -7.89. The highest BCUT2D eigenvalue weighted by Gasteiger charge is 2.45. The average molecular weight is 850 g/mol. The monoisotopic (exact) mass is 849 g/mol. The molecule has 0 aliphatic heterocycles. The predicted molar refractivity (Wildman–Crippen MR) is 263 cm³/mol. The van der Waals surface area contributed by atoms with Crippen molar-refractivity contribution >= 4 is 99.8 Å². The van der Waals surface area contributed by atoms with E-state index in [0.29, 0.717) is 16.7 Å². The summed E-state index contributed by atoms with van der Waals surface area (Å²) in [6, 6.07) is 59.3. The second kappa shape index (κ2) is 13.6. The third-order valence-corrected chi connectivity index (χ3v) is 15.6. The van der Waals surface area contributed by atoms with Crippen LogP contribution < -0.4 is 0 Å². The molecule has 0 fully saturated rings. The molecule has 0 spiro atoms. The Bertz CT molecular complexity index is 3480. The summed E-state index contributed by atoms with van der Waals surface area (Å²) in [5.74, 6) is 0. The van der Waals surface area contributed by atoms with Gasteiger partial charge in [-0.25, -0.2) is 0 Å². The molecule has 0 amide bonds. The van der Waals surface area contributed by atoms with E-state index in [-0.39, 0.29) is 0 Å². The maximum atomic E-state index is 11.5. The van der Waals surface area contributed by atoms with Gasteiger partial charge < -0.3 is 0 Å². The first-order valence-corrected chi connectivity index (χ1v) is 23.2. The van der Waals surface area contributed by atoms with Crippen LogP contribution >= 0.6 is 34.0 Å². The Morgan fingerprint density at radius 1 is 0.302 bits per heavy atom. The quantitative estimate of drug-likeness (QED) is 0.166. The average Bonchev–Trinajstić information content (AvgIpc) is 4.20. The first-order chi connectivity index (χ1) is 31.1. The number of nitrogens with zero attached hydrogens (tertiary/aromatic N) is 3. The minimum Gasteiger partial charge on any atom is -0.192 e. The molecule has 0 saturated carbocycles. The Balaban J connectivity index is 1.35. The molecular formula is C57H27N3S3. The molecule has 3 nitrogen and oxygen atoms in total. The molecule has 0 N–H and O–H groups in total. The molecular weight excluding hydrogens is 823 g/mol. The molecule has 288 valence electrons. The molecule has 3 aliphatic carbocycles. The topological polar surface area (TPSA) is 71.4 Å². The predicted octanol–water partition coefficient (Wildman–Crippen LogP) is 15.7. The lowest BCUT2D eigenvalue weighted by atomic mass is 9.81. The SMILES string of the molecule is N#C/C(=C1/c2cc3ccccc3cc2-c2c1c1c(c3c2/C(=C(\C#N)c2cccs2)c2cc4ccccc4cc2-3)/C(=C(\C#N)c2cccs2)c2cc3ccccc3cc2-1)c1cccs1. The van der Waals surface area contributed by atoms with E-state index in [2.05, 4.69) is 127 Å². The van der Waals surface area contributed by atoms with Crippen molar-refractivity contribution in [3.05, 3.63) is 210 Å². The van der Waals surface area contributed by atoms with Crippen LogP contribution in [0.2, 0.25) is 0 Å². The summed E-state index contributed by atoms with van der Waals surface area (Å²) < 4.78 is 0. The Labute approximate surface area is 374 Å². The fourth-order valence-electron chi connectivity index (χ4n) is 10.4. The van der Waals surface area contributed by atoms with Gasteiger partial charge in [-0.2, -0.15) is 15.8 Å². The van der Waals surface area contributed by atoms with Gasteiger partial charge in [0.2, 0.25) is 0 Å². The Morgan fingerprint density at radius 2 is 0.556 bits per heavy atom. The highest BCUT2D eigenvalue weighted by atomic mass is 32.1. The Morgan fingerprint density at radius 3 is 0.778 bits per heavy atom. The van der Waals surface area contributed by atoms with E-state index in [4.69, 9.17) is 0 Å². The van der Waals surface area contributed by atoms with Crippen LogP contribution in [-0.2, 0) is 0 Å².